The third-order valence-corrected chi connectivity index (χ3v) is 4.55. The van der Waals surface area contributed by atoms with Crippen molar-refractivity contribution in [1.29, 1.82) is 0 Å². The summed E-state index contributed by atoms with van der Waals surface area (Å²) in [6.07, 6.45) is 2.75. The van der Waals surface area contributed by atoms with Crippen molar-refractivity contribution in [3.8, 4) is 5.75 Å². The van der Waals surface area contributed by atoms with Crippen LogP contribution in [-0.2, 0) is 4.79 Å². The summed E-state index contributed by atoms with van der Waals surface area (Å²) in [5.74, 6) is 0.0839. The Morgan fingerprint density at radius 3 is 2.92 bits per heavy atom. The van der Waals surface area contributed by atoms with E-state index in [2.05, 4.69) is 10.2 Å². The smallest absolute Gasteiger partial charge is 0.244 e. The predicted octanol–water partition coefficient (Wildman–Crippen LogP) is 4.20. The first-order chi connectivity index (χ1) is 12.4. The Bertz CT molecular complexity index is 854. The maximum Gasteiger partial charge on any atom is 0.244 e. The van der Waals surface area contributed by atoms with E-state index in [4.69, 9.17) is 16.3 Å². The van der Waals surface area contributed by atoms with Gasteiger partial charge in [0, 0.05) is 23.7 Å². The SMILES string of the molecule is CC(NC(=O)C=Cc1ccc(Cl)cc1F)c1ccc2c(c1)N(C)CCO2. The van der Waals surface area contributed by atoms with Crippen molar-refractivity contribution in [3.63, 3.8) is 0 Å². The molecule has 0 aliphatic carbocycles. The lowest BCUT2D eigenvalue weighted by atomic mass is 10.1. The second-order valence-corrected chi connectivity index (χ2v) is 6.66. The standard InChI is InChI=1S/C20H20ClFN2O2/c1-13(15-4-7-19-18(11-15)24(2)9-10-26-19)23-20(25)8-5-14-3-6-16(21)12-17(14)22/h3-8,11-13H,9-10H2,1-2H3,(H,23,25). The van der Waals surface area contributed by atoms with Crippen molar-refractivity contribution in [3.05, 3.63) is 64.4 Å². The zero-order valence-corrected chi connectivity index (χ0v) is 15.4. The molecule has 0 saturated heterocycles. The van der Waals surface area contributed by atoms with Crippen LogP contribution < -0.4 is 15.0 Å². The van der Waals surface area contributed by atoms with E-state index in [1.165, 1.54) is 24.3 Å². The zero-order valence-electron chi connectivity index (χ0n) is 14.6. The summed E-state index contributed by atoms with van der Waals surface area (Å²) in [5, 5.41) is 3.20. The lowest BCUT2D eigenvalue weighted by molar-refractivity contribution is -0.117. The average molecular weight is 375 g/mol. The second kappa shape index (κ2) is 7.79. The normalized spacial score (nSPS) is 14.7. The average Bonchev–Trinajstić information content (AvgIpc) is 2.61. The number of carbonyl (C=O) groups excluding carboxylic acids is 1. The highest BCUT2D eigenvalue weighted by atomic mass is 35.5. The fourth-order valence-corrected chi connectivity index (χ4v) is 2.94. The van der Waals surface area contributed by atoms with Gasteiger partial charge < -0.3 is 15.0 Å². The van der Waals surface area contributed by atoms with Gasteiger partial charge in [-0.1, -0.05) is 23.7 Å². The number of ether oxygens (including phenoxy) is 1. The van der Waals surface area contributed by atoms with Crippen LogP contribution >= 0.6 is 11.6 Å². The molecular formula is C20H20ClFN2O2. The monoisotopic (exact) mass is 374 g/mol. The number of fused-ring (bicyclic) bond motifs is 1. The van der Waals surface area contributed by atoms with Crippen LogP contribution in [0.25, 0.3) is 6.08 Å². The van der Waals surface area contributed by atoms with Gasteiger partial charge in [0.2, 0.25) is 5.91 Å². The Labute approximate surface area is 157 Å². The molecule has 1 heterocycles. The van der Waals surface area contributed by atoms with Crippen LogP contribution in [0.2, 0.25) is 5.02 Å². The van der Waals surface area contributed by atoms with Crippen molar-refractivity contribution in [1.82, 2.24) is 5.32 Å². The molecule has 1 aliphatic rings. The number of rotatable bonds is 4. The molecule has 0 fully saturated rings. The van der Waals surface area contributed by atoms with E-state index in [-0.39, 0.29) is 11.9 Å². The molecule has 1 N–H and O–H groups in total. The molecular weight excluding hydrogens is 355 g/mol. The van der Waals surface area contributed by atoms with Gasteiger partial charge in [0.05, 0.1) is 18.3 Å². The minimum absolute atomic E-state index is 0.192. The molecule has 3 rings (SSSR count). The number of benzene rings is 2. The van der Waals surface area contributed by atoms with Crippen LogP contribution in [0.1, 0.15) is 24.1 Å². The van der Waals surface area contributed by atoms with Crippen LogP contribution in [0, 0.1) is 5.82 Å². The van der Waals surface area contributed by atoms with Crippen LogP contribution in [-0.4, -0.2) is 26.1 Å². The lowest BCUT2D eigenvalue weighted by Crippen LogP contribution is -2.29. The number of likely N-dealkylation sites (N-methyl/N-ethyl adjacent to an activating group) is 1. The molecule has 0 radical (unpaired) electrons. The summed E-state index contributed by atoms with van der Waals surface area (Å²) in [6.45, 7) is 3.40. The van der Waals surface area contributed by atoms with Crippen molar-refractivity contribution in [2.45, 2.75) is 13.0 Å². The number of hydrogen-bond acceptors (Lipinski definition) is 3. The molecule has 136 valence electrons. The number of halogens is 2. The Balaban J connectivity index is 1.67. The first-order valence-electron chi connectivity index (χ1n) is 8.35. The third kappa shape index (κ3) is 4.17. The van der Waals surface area contributed by atoms with E-state index in [1.54, 1.807) is 6.07 Å². The Kier molecular flexibility index (Phi) is 5.47. The third-order valence-electron chi connectivity index (χ3n) is 4.31. The van der Waals surface area contributed by atoms with Crippen LogP contribution in [0.15, 0.2) is 42.5 Å². The number of nitrogens with one attached hydrogen (secondary N) is 1. The van der Waals surface area contributed by atoms with Crippen LogP contribution in [0.4, 0.5) is 10.1 Å². The van der Waals surface area contributed by atoms with Gasteiger partial charge in [0.25, 0.3) is 0 Å². The summed E-state index contributed by atoms with van der Waals surface area (Å²) < 4.78 is 19.4. The molecule has 6 heteroatoms. The van der Waals surface area contributed by atoms with Gasteiger partial charge in [-0.25, -0.2) is 4.39 Å². The highest BCUT2D eigenvalue weighted by Gasteiger charge is 2.17. The van der Waals surface area contributed by atoms with Crippen molar-refractivity contribution in [2.75, 3.05) is 25.1 Å². The van der Waals surface area contributed by atoms with Crippen LogP contribution in [0.3, 0.4) is 0 Å². The fourth-order valence-electron chi connectivity index (χ4n) is 2.78. The molecule has 2 aromatic carbocycles. The van der Waals surface area contributed by atoms with E-state index >= 15 is 0 Å². The van der Waals surface area contributed by atoms with Gasteiger partial charge >= 0.3 is 0 Å². The minimum Gasteiger partial charge on any atom is -0.490 e. The maximum absolute atomic E-state index is 13.7. The summed E-state index contributed by atoms with van der Waals surface area (Å²) in [7, 11) is 2.01. The van der Waals surface area contributed by atoms with Gasteiger partial charge in [0.1, 0.15) is 18.2 Å². The minimum atomic E-state index is -0.465. The molecule has 1 aliphatic heterocycles. The molecule has 1 atom stereocenters. The van der Waals surface area contributed by atoms with Crippen molar-refractivity contribution in [2.24, 2.45) is 0 Å². The Morgan fingerprint density at radius 2 is 2.15 bits per heavy atom. The zero-order chi connectivity index (χ0) is 18.7. The van der Waals surface area contributed by atoms with E-state index in [0.717, 1.165) is 23.5 Å². The molecule has 1 unspecified atom stereocenters. The molecule has 2 aromatic rings. The molecule has 26 heavy (non-hydrogen) atoms. The lowest BCUT2D eigenvalue weighted by Gasteiger charge is -2.28. The summed E-state index contributed by atoms with van der Waals surface area (Å²) in [5.41, 5.74) is 2.29. The van der Waals surface area contributed by atoms with E-state index < -0.39 is 5.82 Å². The quantitative estimate of drug-likeness (QED) is 0.815. The molecule has 0 aromatic heterocycles. The van der Waals surface area contributed by atoms with Gasteiger partial charge in [0.15, 0.2) is 0 Å². The van der Waals surface area contributed by atoms with E-state index in [1.807, 2.05) is 32.2 Å². The highest BCUT2D eigenvalue weighted by molar-refractivity contribution is 6.30. The Hall–Kier alpha value is -2.53. The number of carbonyl (C=O) groups is 1. The number of nitrogens with zero attached hydrogens (tertiary/aromatic N) is 1. The van der Waals surface area contributed by atoms with Gasteiger partial charge in [-0.15, -0.1) is 0 Å². The number of anilines is 1. The Morgan fingerprint density at radius 1 is 1.35 bits per heavy atom. The first kappa shape index (κ1) is 18.3. The summed E-state index contributed by atoms with van der Waals surface area (Å²) in [6, 6.07) is 10.0. The summed E-state index contributed by atoms with van der Waals surface area (Å²) in [4.78, 5) is 14.3. The van der Waals surface area contributed by atoms with Gasteiger partial charge in [-0.2, -0.15) is 0 Å². The molecule has 1 amide bonds. The van der Waals surface area contributed by atoms with Crippen LogP contribution in [0.5, 0.6) is 5.75 Å². The molecule has 0 spiro atoms. The molecule has 4 nitrogen and oxygen atoms in total. The molecule has 0 bridgehead atoms. The number of hydrogen-bond donors (Lipinski definition) is 1. The van der Waals surface area contributed by atoms with Crippen molar-refractivity contribution < 1.29 is 13.9 Å². The molecule has 0 saturated carbocycles. The number of amides is 1. The largest absolute Gasteiger partial charge is 0.490 e. The fraction of sp³-hybridized carbons (Fsp3) is 0.250. The van der Waals surface area contributed by atoms with Crippen molar-refractivity contribution >= 4 is 29.3 Å². The van der Waals surface area contributed by atoms with Gasteiger partial charge in [-0.3, -0.25) is 4.79 Å². The highest BCUT2D eigenvalue weighted by Crippen LogP contribution is 2.33. The summed E-state index contributed by atoms with van der Waals surface area (Å²) >= 11 is 5.72. The van der Waals surface area contributed by atoms with E-state index in [9.17, 15) is 9.18 Å². The maximum atomic E-state index is 13.7. The van der Waals surface area contributed by atoms with Gasteiger partial charge in [-0.05, 0) is 42.8 Å². The van der Waals surface area contributed by atoms with E-state index in [0.29, 0.717) is 17.2 Å². The topological polar surface area (TPSA) is 41.6 Å². The first-order valence-corrected chi connectivity index (χ1v) is 8.73. The second-order valence-electron chi connectivity index (χ2n) is 6.23. The predicted molar refractivity (Wildman–Crippen MR) is 102 cm³/mol.